The lowest BCUT2D eigenvalue weighted by molar-refractivity contribution is 0.168. The zero-order valence-corrected chi connectivity index (χ0v) is 9.00. The topological polar surface area (TPSA) is 35.2 Å². The fourth-order valence-corrected chi connectivity index (χ4v) is 1.86. The van der Waals surface area contributed by atoms with Gasteiger partial charge in [-0.1, -0.05) is 12.1 Å². The zero-order valence-electron chi connectivity index (χ0n) is 9.00. The van der Waals surface area contributed by atoms with Crippen LogP contribution < -0.4 is 10.5 Å². The van der Waals surface area contributed by atoms with E-state index in [4.69, 9.17) is 10.5 Å². The number of fused-ring (bicyclic) bond motifs is 1. The normalized spacial score (nSPS) is 25.4. The fraction of sp³-hybridized carbons (Fsp3) is 0.500. The van der Waals surface area contributed by atoms with Gasteiger partial charge in [0, 0.05) is 6.04 Å². The summed E-state index contributed by atoms with van der Waals surface area (Å²) < 4.78 is 5.83. The molecule has 2 rings (SSSR count). The van der Waals surface area contributed by atoms with Crippen molar-refractivity contribution in [2.24, 2.45) is 5.73 Å². The third-order valence-electron chi connectivity index (χ3n) is 3.12. The summed E-state index contributed by atoms with van der Waals surface area (Å²) in [6, 6.07) is 4.40. The van der Waals surface area contributed by atoms with Gasteiger partial charge in [-0.05, 0) is 43.9 Å². The molecule has 14 heavy (non-hydrogen) atoms. The van der Waals surface area contributed by atoms with Gasteiger partial charge in [-0.15, -0.1) is 0 Å². The summed E-state index contributed by atoms with van der Waals surface area (Å²) in [5.41, 5.74) is 9.74. The monoisotopic (exact) mass is 191 g/mol. The molecule has 0 aliphatic carbocycles. The van der Waals surface area contributed by atoms with Gasteiger partial charge in [0.25, 0.3) is 0 Å². The molecule has 2 unspecified atom stereocenters. The molecule has 0 saturated carbocycles. The highest BCUT2D eigenvalue weighted by Crippen LogP contribution is 2.32. The van der Waals surface area contributed by atoms with Gasteiger partial charge in [-0.3, -0.25) is 0 Å². The molecule has 2 nitrogen and oxygen atoms in total. The highest BCUT2D eigenvalue weighted by Gasteiger charge is 2.24. The van der Waals surface area contributed by atoms with E-state index in [2.05, 4.69) is 26.0 Å². The molecule has 2 N–H and O–H groups in total. The van der Waals surface area contributed by atoms with Crippen LogP contribution in [-0.4, -0.2) is 12.1 Å². The lowest BCUT2D eigenvalue weighted by Crippen LogP contribution is -2.41. The maximum atomic E-state index is 5.96. The predicted molar refractivity (Wildman–Crippen MR) is 57.7 cm³/mol. The van der Waals surface area contributed by atoms with Gasteiger partial charge in [0.1, 0.15) is 11.9 Å². The second kappa shape index (κ2) is 3.28. The van der Waals surface area contributed by atoms with E-state index in [0.717, 1.165) is 12.2 Å². The molecule has 0 amide bonds. The van der Waals surface area contributed by atoms with Gasteiger partial charge in [-0.2, -0.15) is 0 Å². The van der Waals surface area contributed by atoms with E-state index in [-0.39, 0.29) is 12.1 Å². The van der Waals surface area contributed by atoms with Gasteiger partial charge < -0.3 is 10.5 Å². The number of ether oxygens (including phenoxy) is 1. The molecule has 0 saturated heterocycles. The Morgan fingerprint density at radius 2 is 2.07 bits per heavy atom. The van der Waals surface area contributed by atoms with Gasteiger partial charge >= 0.3 is 0 Å². The molecule has 1 aliphatic heterocycles. The Hall–Kier alpha value is -1.02. The van der Waals surface area contributed by atoms with Crippen LogP contribution in [0.5, 0.6) is 5.75 Å². The van der Waals surface area contributed by atoms with Crippen molar-refractivity contribution >= 4 is 0 Å². The standard InChI is InChI=1S/C12H17NO/c1-7-4-5-10-6-11(13)9(3)14-12(10)8(7)2/h4-5,9,11H,6,13H2,1-3H3. The third-order valence-corrected chi connectivity index (χ3v) is 3.12. The van der Waals surface area contributed by atoms with Crippen molar-refractivity contribution < 1.29 is 4.74 Å². The van der Waals surface area contributed by atoms with Crippen LogP contribution in [0.1, 0.15) is 23.6 Å². The van der Waals surface area contributed by atoms with Crippen molar-refractivity contribution in [2.45, 2.75) is 39.3 Å². The minimum absolute atomic E-state index is 0.128. The van der Waals surface area contributed by atoms with Gasteiger partial charge in [-0.25, -0.2) is 0 Å². The molecule has 0 fully saturated rings. The number of hydrogen-bond donors (Lipinski definition) is 1. The van der Waals surface area contributed by atoms with E-state index in [9.17, 15) is 0 Å². The summed E-state index contributed by atoms with van der Waals surface area (Å²) in [4.78, 5) is 0. The average Bonchev–Trinajstić information content (AvgIpc) is 2.15. The first-order chi connectivity index (χ1) is 6.59. The largest absolute Gasteiger partial charge is 0.489 e. The molecule has 0 bridgehead atoms. The Morgan fingerprint density at radius 3 is 2.79 bits per heavy atom. The van der Waals surface area contributed by atoms with Crippen LogP contribution in [0.25, 0.3) is 0 Å². The van der Waals surface area contributed by atoms with Gasteiger partial charge in [0.15, 0.2) is 0 Å². The van der Waals surface area contributed by atoms with Crippen molar-refractivity contribution in [3.8, 4) is 5.75 Å². The van der Waals surface area contributed by atoms with Crippen LogP contribution in [0.3, 0.4) is 0 Å². The van der Waals surface area contributed by atoms with E-state index < -0.39 is 0 Å². The molecule has 2 atom stereocenters. The molecular formula is C12H17NO. The number of aryl methyl sites for hydroxylation is 1. The Bertz CT molecular complexity index is 360. The molecule has 1 aliphatic rings. The van der Waals surface area contributed by atoms with E-state index in [1.54, 1.807) is 0 Å². The molecular weight excluding hydrogens is 174 g/mol. The molecule has 2 heteroatoms. The van der Waals surface area contributed by atoms with Crippen LogP contribution in [-0.2, 0) is 6.42 Å². The third kappa shape index (κ3) is 1.40. The lowest BCUT2D eigenvalue weighted by Gasteiger charge is -2.30. The number of nitrogens with two attached hydrogens (primary N) is 1. The summed E-state index contributed by atoms with van der Waals surface area (Å²) in [6.07, 6.45) is 1.06. The minimum atomic E-state index is 0.128. The first-order valence-electron chi connectivity index (χ1n) is 5.11. The second-order valence-electron chi connectivity index (χ2n) is 4.19. The second-order valence-corrected chi connectivity index (χ2v) is 4.19. The maximum absolute atomic E-state index is 5.96. The van der Waals surface area contributed by atoms with Crippen molar-refractivity contribution in [2.75, 3.05) is 0 Å². The Balaban J connectivity index is 2.47. The van der Waals surface area contributed by atoms with E-state index in [0.29, 0.717) is 0 Å². The van der Waals surface area contributed by atoms with Crippen LogP contribution in [0.4, 0.5) is 0 Å². The molecule has 76 valence electrons. The quantitative estimate of drug-likeness (QED) is 0.680. The average molecular weight is 191 g/mol. The van der Waals surface area contributed by atoms with Crippen molar-refractivity contribution in [1.82, 2.24) is 0 Å². The smallest absolute Gasteiger partial charge is 0.126 e. The number of hydrogen-bond acceptors (Lipinski definition) is 2. The molecule has 0 aromatic heterocycles. The Kier molecular flexibility index (Phi) is 2.23. The molecule has 1 heterocycles. The molecule has 0 radical (unpaired) electrons. The Labute approximate surface area is 85.1 Å². The van der Waals surface area contributed by atoms with Crippen molar-refractivity contribution in [1.29, 1.82) is 0 Å². The highest BCUT2D eigenvalue weighted by atomic mass is 16.5. The number of rotatable bonds is 0. The van der Waals surface area contributed by atoms with E-state index >= 15 is 0 Å². The van der Waals surface area contributed by atoms with Crippen LogP contribution >= 0.6 is 0 Å². The fourth-order valence-electron chi connectivity index (χ4n) is 1.86. The highest BCUT2D eigenvalue weighted by molar-refractivity contribution is 5.47. The SMILES string of the molecule is Cc1ccc2c(c1C)OC(C)C(N)C2. The zero-order chi connectivity index (χ0) is 10.3. The molecule has 1 aromatic carbocycles. The minimum Gasteiger partial charge on any atom is -0.489 e. The van der Waals surface area contributed by atoms with Crippen LogP contribution in [0.2, 0.25) is 0 Å². The van der Waals surface area contributed by atoms with Gasteiger partial charge in [0.05, 0.1) is 0 Å². The van der Waals surface area contributed by atoms with E-state index in [1.165, 1.54) is 16.7 Å². The first kappa shape index (κ1) is 9.53. The summed E-state index contributed by atoms with van der Waals surface area (Å²) in [7, 11) is 0. The lowest BCUT2D eigenvalue weighted by atomic mass is 9.94. The van der Waals surface area contributed by atoms with Crippen LogP contribution in [0, 0.1) is 13.8 Å². The first-order valence-corrected chi connectivity index (χ1v) is 5.11. The number of benzene rings is 1. The van der Waals surface area contributed by atoms with Crippen LogP contribution in [0.15, 0.2) is 12.1 Å². The van der Waals surface area contributed by atoms with E-state index in [1.807, 2.05) is 6.92 Å². The summed E-state index contributed by atoms with van der Waals surface area (Å²) in [5, 5.41) is 0. The summed E-state index contributed by atoms with van der Waals surface area (Å²) >= 11 is 0. The predicted octanol–water partition coefficient (Wildman–Crippen LogP) is 1.95. The summed E-state index contributed by atoms with van der Waals surface area (Å²) in [6.45, 7) is 6.26. The Morgan fingerprint density at radius 1 is 1.36 bits per heavy atom. The molecule has 1 aromatic rings. The maximum Gasteiger partial charge on any atom is 0.126 e. The molecule has 0 spiro atoms. The summed E-state index contributed by atoms with van der Waals surface area (Å²) in [5.74, 6) is 1.05. The van der Waals surface area contributed by atoms with Crippen molar-refractivity contribution in [3.05, 3.63) is 28.8 Å². The van der Waals surface area contributed by atoms with Crippen molar-refractivity contribution in [3.63, 3.8) is 0 Å². The van der Waals surface area contributed by atoms with Gasteiger partial charge in [0.2, 0.25) is 0 Å².